The summed E-state index contributed by atoms with van der Waals surface area (Å²) in [4.78, 5) is 0. The predicted octanol–water partition coefficient (Wildman–Crippen LogP) is 5.08. The second-order valence-electron chi connectivity index (χ2n) is 5.24. The molecule has 3 rings (SSSR count). The maximum absolute atomic E-state index is 13.3. The molecule has 0 amide bonds. The van der Waals surface area contributed by atoms with Crippen molar-refractivity contribution in [1.82, 2.24) is 0 Å². The maximum atomic E-state index is 13.3. The van der Waals surface area contributed by atoms with E-state index in [1.807, 2.05) is 0 Å². The Kier molecular flexibility index (Phi) is 4.06. The van der Waals surface area contributed by atoms with Crippen molar-refractivity contribution in [2.45, 2.75) is 32.2 Å². The summed E-state index contributed by atoms with van der Waals surface area (Å²) in [5.74, 6) is -0.194. The van der Waals surface area contributed by atoms with Gasteiger partial charge in [0.2, 0.25) is 0 Å². The molecular formula is C17H17BrFN. The van der Waals surface area contributed by atoms with E-state index in [9.17, 15) is 4.39 Å². The number of fused-ring (bicyclic) bond motifs is 1. The monoisotopic (exact) mass is 333 g/mol. The van der Waals surface area contributed by atoms with Crippen LogP contribution in [0.15, 0.2) is 40.9 Å². The zero-order valence-corrected chi connectivity index (χ0v) is 12.8. The van der Waals surface area contributed by atoms with Crippen molar-refractivity contribution in [3.05, 3.63) is 63.4 Å². The van der Waals surface area contributed by atoms with Gasteiger partial charge in [-0.1, -0.05) is 28.1 Å². The van der Waals surface area contributed by atoms with Gasteiger partial charge in [0, 0.05) is 16.7 Å². The van der Waals surface area contributed by atoms with Crippen molar-refractivity contribution in [3.8, 4) is 0 Å². The number of benzene rings is 2. The third-order valence-electron chi connectivity index (χ3n) is 3.87. The van der Waals surface area contributed by atoms with Crippen molar-refractivity contribution >= 4 is 21.6 Å². The molecule has 0 atom stereocenters. The summed E-state index contributed by atoms with van der Waals surface area (Å²) in [6, 6.07) is 11.2. The molecule has 3 heteroatoms. The Morgan fingerprint density at radius 1 is 1.10 bits per heavy atom. The van der Waals surface area contributed by atoms with Crippen LogP contribution in [0.3, 0.4) is 0 Å². The molecule has 2 aromatic carbocycles. The number of anilines is 1. The fourth-order valence-electron chi connectivity index (χ4n) is 2.82. The first kappa shape index (κ1) is 13.6. The number of rotatable bonds is 3. The van der Waals surface area contributed by atoms with E-state index in [2.05, 4.69) is 39.4 Å². The molecule has 2 aromatic rings. The number of halogens is 2. The average molecular weight is 334 g/mol. The SMILES string of the molecule is Fc1ccc(Br)c(CNc2cccc3c2CCCC3)c1. The molecule has 0 bridgehead atoms. The van der Waals surface area contributed by atoms with Gasteiger partial charge < -0.3 is 5.32 Å². The summed E-state index contributed by atoms with van der Waals surface area (Å²) >= 11 is 3.47. The normalized spacial score (nSPS) is 13.9. The van der Waals surface area contributed by atoms with Crippen LogP contribution >= 0.6 is 15.9 Å². The van der Waals surface area contributed by atoms with Gasteiger partial charge in [0.1, 0.15) is 5.82 Å². The molecule has 1 N–H and O–H groups in total. The highest BCUT2D eigenvalue weighted by molar-refractivity contribution is 9.10. The molecule has 0 fully saturated rings. The fourth-order valence-corrected chi connectivity index (χ4v) is 3.20. The molecule has 0 saturated heterocycles. The molecule has 0 heterocycles. The molecule has 0 aliphatic heterocycles. The first-order chi connectivity index (χ1) is 9.74. The molecule has 1 aliphatic rings. The zero-order chi connectivity index (χ0) is 13.9. The van der Waals surface area contributed by atoms with Gasteiger partial charge in [-0.3, -0.25) is 0 Å². The van der Waals surface area contributed by atoms with Crippen LogP contribution < -0.4 is 5.32 Å². The molecule has 0 unspecified atom stereocenters. The fraction of sp³-hybridized carbons (Fsp3) is 0.294. The molecule has 20 heavy (non-hydrogen) atoms. The molecule has 0 spiro atoms. The summed E-state index contributed by atoms with van der Waals surface area (Å²) in [6.45, 7) is 0.634. The number of hydrogen-bond acceptors (Lipinski definition) is 1. The Balaban J connectivity index is 1.80. The summed E-state index contributed by atoms with van der Waals surface area (Å²) in [5, 5.41) is 3.46. The summed E-state index contributed by atoms with van der Waals surface area (Å²) in [6.07, 6.45) is 4.86. The second kappa shape index (κ2) is 5.96. The van der Waals surface area contributed by atoms with E-state index in [-0.39, 0.29) is 5.82 Å². The van der Waals surface area contributed by atoms with E-state index in [1.54, 1.807) is 12.1 Å². The van der Waals surface area contributed by atoms with Gasteiger partial charge in [0.15, 0.2) is 0 Å². The Bertz CT molecular complexity index is 624. The number of aryl methyl sites for hydroxylation is 1. The number of nitrogens with one attached hydrogen (secondary N) is 1. The van der Waals surface area contributed by atoms with Crippen LogP contribution in [0.5, 0.6) is 0 Å². The number of hydrogen-bond donors (Lipinski definition) is 1. The van der Waals surface area contributed by atoms with Gasteiger partial charge in [-0.15, -0.1) is 0 Å². The summed E-state index contributed by atoms with van der Waals surface area (Å²) in [5.41, 5.74) is 5.03. The lowest BCUT2D eigenvalue weighted by atomic mass is 9.90. The highest BCUT2D eigenvalue weighted by atomic mass is 79.9. The summed E-state index contributed by atoms with van der Waals surface area (Å²) in [7, 11) is 0. The van der Waals surface area contributed by atoms with Crippen LogP contribution in [0.25, 0.3) is 0 Å². The highest BCUT2D eigenvalue weighted by Crippen LogP contribution is 2.28. The lowest BCUT2D eigenvalue weighted by Gasteiger charge is -2.20. The van der Waals surface area contributed by atoms with Gasteiger partial charge in [0.25, 0.3) is 0 Å². The van der Waals surface area contributed by atoms with Crippen LogP contribution in [-0.4, -0.2) is 0 Å². The molecule has 0 saturated carbocycles. The molecule has 0 aromatic heterocycles. The van der Waals surface area contributed by atoms with Crippen molar-refractivity contribution in [1.29, 1.82) is 0 Å². The van der Waals surface area contributed by atoms with Gasteiger partial charge >= 0.3 is 0 Å². The molecule has 1 aliphatic carbocycles. The van der Waals surface area contributed by atoms with Gasteiger partial charge in [0.05, 0.1) is 0 Å². The van der Waals surface area contributed by atoms with Crippen LogP contribution in [0.4, 0.5) is 10.1 Å². The minimum absolute atomic E-state index is 0.194. The van der Waals surface area contributed by atoms with Crippen molar-refractivity contribution < 1.29 is 4.39 Å². The molecule has 104 valence electrons. The first-order valence-electron chi connectivity index (χ1n) is 7.02. The maximum Gasteiger partial charge on any atom is 0.123 e. The van der Waals surface area contributed by atoms with Crippen LogP contribution in [0, 0.1) is 5.82 Å². The van der Waals surface area contributed by atoms with E-state index >= 15 is 0 Å². The van der Waals surface area contributed by atoms with Gasteiger partial charge in [-0.25, -0.2) is 4.39 Å². The van der Waals surface area contributed by atoms with Gasteiger partial charge in [-0.05, 0) is 66.6 Å². The first-order valence-corrected chi connectivity index (χ1v) is 7.82. The minimum atomic E-state index is -0.194. The smallest absolute Gasteiger partial charge is 0.123 e. The van der Waals surface area contributed by atoms with Crippen molar-refractivity contribution in [2.75, 3.05) is 5.32 Å². The molecule has 1 nitrogen and oxygen atoms in total. The zero-order valence-electron chi connectivity index (χ0n) is 11.3. The highest BCUT2D eigenvalue weighted by Gasteiger charge is 2.12. The van der Waals surface area contributed by atoms with Crippen molar-refractivity contribution in [2.24, 2.45) is 0 Å². The second-order valence-corrected chi connectivity index (χ2v) is 6.09. The van der Waals surface area contributed by atoms with E-state index in [4.69, 9.17) is 0 Å². The Morgan fingerprint density at radius 2 is 1.95 bits per heavy atom. The standard InChI is InChI=1S/C17H17BrFN/c18-16-9-8-14(19)10-13(16)11-20-17-7-3-5-12-4-1-2-6-15(12)17/h3,5,7-10,20H,1-2,4,6,11H2. The van der Waals surface area contributed by atoms with E-state index in [0.29, 0.717) is 6.54 Å². The average Bonchev–Trinajstić information content (AvgIpc) is 2.48. The topological polar surface area (TPSA) is 12.0 Å². The largest absolute Gasteiger partial charge is 0.381 e. The molecule has 0 radical (unpaired) electrons. The lowest BCUT2D eigenvalue weighted by molar-refractivity contribution is 0.625. The van der Waals surface area contributed by atoms with E-state index in [1.165, 1.54) is 42.1 Å². The van der Waals surface area contributed by atoms with Crippen molar-refractivity contribution in [3.63, 3.8) is 0 Å². The van der Waals surface area contributed by atoms with Crippen LogP contribution in [0.2, 0.25) is 0 Å². The Hall–Kier alpha value is -1.35. The minimum Gasteiger partial charge on any atom is -0.381 e. The van der Waals surface area contributed by atoms with E-state index in [0.717, 1.165) is 16.5 Å². The lowest BCUT2D eigenvalue weighted by Crippen LogP contribution is -2.08. The van der Waals surface area contributed by atoms with Crippen LogP contribution in [0.1, 0.15) is 29.5 Å². The Labute approximate surface area is 127 Å². The quantitative estimate of drug-likeness (QED) is 0.825. The third-order valence-corrected chi connectivity index (χ3v) is 4.65. The van der Waals surface area contributed by atoms with E-state index < -0.39 is 0 Å². The summed E-state index contributed by atoms with van der Waals surface area (Å²) < 4.78 is 14.2. The predicted molar refractivity (Wildman–Crippen MR) is 84.5 cm³/mol. The van der Waals surface area contributed by atoms with Gasteiger partial charge in [-0.2, -0.15) is 0 Å². The van der Waals surface area contributed by atoms with Crippen LogP contribution in [-0.2, 0) is 19.4 Å². The molecular weight excluding hydrogens is 317 g/mol. The Morgan fingerprint density at radius 3 is 2.85 bits per heavy atom. The third kappa shape index (κ3) is 2.88.